The number of benzene rings is 4. The van der Waals surface area contributed by atoms with Crippen molar-refractivity contribution in [3.8, 4) is 5.75 Å². The van der Waals surface area contributed by atoms with Crippen LogP contribution in [0.4, 0.5) is 8.78 Å². The molecular formula is C72H88BrF2N11O12S2. The molecule has 4 aromatic carbocycles. The monoisotopic (exact) mass is 1480 g/mol. The highest BCUT2D eigenvalue weighted by Gasteiger charge is 2.49. The Morgan fingerprint density at radius 2 is 1.49 bits per heavy atom. The number of ether oxygens (including phenoxy) is 1. The fraction of sp³-hybridized carbons (Fsp3) is 0.472. The number of halogens is 3. The van der Waals surface area contributed by atoms with Crippen LogP contribution in [0.15, 0.2) is 95.6 Å². The minimum Gasteiger partial charge on any atom is -0.497 e. The predicted octanol–water partition coefficient (Wildman–Crippen LogP) is 5.47. The summed E-state index contributed by atoms with van der Waals surface area (Å²) in [5.74, 6) is -7.75. The Labute approximate surface area is 596 Å². The second kappa shape index (κ2) is 34.9. The minimum atomic E-state index is -1.74. The van der Waals surface area contributed by atoms with Gasteiger partial charge in [0.2, 0.25) is 53.2 Å². The normalized spacial score (nSPS) is 25.1. The molecule has 4 heterocycles. The Hall–Kier alpha value is -8.18. The van der Waals surface area contributed by atoms with Crippen LogP contribution < -0.4 is 48.1 Å². The highest BCUT2D eigenvalue weighted by atomic mass is 79.9. The van der Waals surface area contributed by atoms with Gasteiger partial charge in [-0.05, 0) is 179 Å². The number of rotatable bonds is 13. The number of ketones is 1. The van der Waals surface area contributed by atoms with Gasteiger partial charge in [0.1, 0.15) is 59.2 Å². The number of aliphatic hydroxyl groups is 1. The molecule has 12 N–H and O–H groups in total. The lowest BCUT2D eigenvalue weighted by Gasteiger charge is -2.37. The lowest BCUT2D eigenvalue weighted by atomic mass is 9.90. The lowest BCUT2D eigenvalue weighted by molar-refractivity contribution is -0.147. The molecule has 4 aliphatic rings. The second-order valence-corrected chi connectivity index (χ2v) is 29.4. The first-order valence-electron chi connectivity index (χ1n) is 33.8. The van der Waals surface area contributed by atoms with E-state index in [4.69, 9.17) is 16.2 Å². The summed E-state index contributed by atoms with van der Waals surface area (Å²) in [6.07, 6.45) is 3.23. The van der Waals surface area contributed by atoms with Gasteiger partial charge in [-0.15, -0.1) is 0 Å². The number of primary amides is 1. The van der Waals surface area contributed by atoms with Crippen molar-refractivity contribution in [2.24, 2.45) is 17.4 Å². The lowest BCUT2D eigenvalue weighted by Crippen LogP contribution is -2.64. The van der Waals surface area contributed by atoms with Crippen molar-refractivity contribution in [2.45, 2.75) is 170 Å². The molecule has 0 spiro atoms. The van der Waals surface area contributed by atoms with E-state index < -0.39 is 137 Å². The number of methoxy groups -OCH3 is 1. The molecule has 28 heteroatoms. The number of nitrogens with zero attached hydrogens (tertiary/aromatic N) is 2. The number of hydrogen-bond donors (Lipinski definition) is 10. The molecule has 9 rings (SSSR count). The smallest absolute Gasteiger partial charge is 0.246 e. The van der Waals surface area contributed by atoms with E-state index in [1.54, 1.807) is 49.5 Å². The molecule has 0 radical (unpaired) electrons. The average Bonchev–Trinajstić information content (AvgIpc) is 1.58. The standard InChI is InChI=1S/C72H88BrF2N11O12S2/c1-40-61(88)33-47(31-48-36-78-55-20-17-51(75)35-54(48)55)65(91)81-58(32-46-14-13-45-15-16-50(74)34-53(45)46)69(95)85-24-7-10-60(85)67(93)84-63(41(2)87)68(94)82-57(30-42-11-18-52(98-4)19-12-42)70(96)86-25-8-22-72(86,3)71(97)83-59(64(77)90)39-100-38-44-27-43(28-49(73)29-44)37-99-26-21-62(89)80-56(66(92)79-40)9-5-6-23-76/h11-12,14-20,27-29,34-36,40-41,47,56-60,63,78,87H,5-10,13,21-26,30-33,37-39,76H2,1-4H3,(H2,77,90)(H,79,92)(H,80,89)(H,81,91)(H,82,94)(H,83,97)(H,84,93)/t40-,41-,47-,56+,57+,58+,59+,60+,63+,72+/m1/s1. The summed E-state index contributed by atoms with van der Waals surface area (Å²) in [7, 11) is 1.49. The fourth-order valence-corrected chi connectivity index (χ4v) is 15.8. The van der Waals surface area contributed by atoms with Crippen LogP contribution in [-0.2, 0) is 78.7 Å². The molecule has 10 atom stereocenters. The number of H-pyrrole nitrogens is 1. The third-order valence-corrected chi connectivity index (χ3v) is 21.5. The number of aromatic nitrogens is 1. The van der Waals surface area contributed by atoms with Crippen LogP contribution in [0.2, 0.25) is 0 Å². The minimum absolute atomic E-state index is 0.0160. The molecule has 5 aromatic rings. The number of unbranched alkanes of at least 4 members (excludes halogenated alkanes) is 1. The van der Waals surface area contributed by atoms with Crippen molar-refractivity contribution in [2.75, 3.05) is 38.2 Å². The van der Waals surface area contributed by atoms with Crippen LogP contribution in [0.5, 0.6) is 5.75 Å². The van der Waals surface area contributed by atoms with Crippen molar-refractivity contribution < 1.29 is 66.6 Å². The number of fused-ring (bicyclic) bond motifs is 6. The van der Waals surface area contributed by atoms with Crippen molar-refractivity contribution in [1.29, 1.82) is 0 Å². The van der Waals surface area contributed by atoms with Gasteiger partial charge in [-0.1, -0.05) is 46.3 Å². The van der Waals surface area contributed by atoms with Gasteiger partial charge in [0.15, 0.2) is 5.78 Å². The summed E-state index contributed by atoms with van der Waals surface area (Å²) in [6.45, 7) is 4.67. The maximum absolute atomic E-state index is 15.5. The van der Waals surface area contributed by atoms with Gasteiger partial charge in [-0.2, -0.15) is 23.5 Å². The Kier molecular flexibility index (Phi) is 26.6. The third kappa shape index (κ3) is 19.5. The van der Waals surface area contributed by atoms with Crippen LogP contribution in [0.25, 0.3) is 16.5 Å². The molecule has 100 heavy (non-hydrogen) atoms. The molecule has 3 aliphatic heterocycles. The predicted molar refractivity (Wildman–Crippen MR) is 381 cm³/mol. The SMILES string of the molecule is COc1ccc(C[C@@H]2NC(=O)[C@H]([C@@H](C)O)NC(=O)[C@@H]3CCCN3C(=O)[C@H](CC3=CCc4ccc(F)cc43)NC(=O)[C@H](Cc3c[nH]c4ccc(F)cc34)CC(=O)[C@@H](C)NC(=O)[C@H](CCCCN)NC(=O)CCSCc3cc(Br)cc(c3)CSC[C@@H](C(N)=O)NC(=O)[C@]3(C)CCCN3C2=O)cc1. The number of Topliss-reactive ketones (excluding diaryl/α,β-unsaturated/α-hetero) is 1. The molecule has 23 nitrogen and oxygen atoms in total. The zero-order valence-corrected chi connectivity index (χ0v) is 59.7. The number of hydrogen-bond acceptors (Lipinski definition) is 15. The Bertz CT molecular complexity index is 3900. The van der Waals surface area contributed by atoms with Crippen molar-refractivity contribution in [3.63, 3.8) is 0 Å². The van der Waals surface area contributed by atoms with E-state index in [9.17, 15) is 43.1 Å². The van der Waals surface area contributed by atoms with Gasteiger partial charge >= 0.3 is 0 Å². The topological polar surface area (TPSA) is 347 Å². The van der Waals surface area contributed by atoms with Crippen LogP contribution in [0.3, 0.4) is 0 Å². The van der Waals surface area contributed by atoms with Gasteiger partial charge in [-0.3, -0.25) is 47.9 Å². The zero-order valence-electron chi connectivity index (χ0n) is 56.4. The average molecular weight is 1480 g/mol. The summed E-state index contributed by atoms with van der Waals surface area (Å²) in [6, 6.07) is 11.5. The van der Waals surface area contributed by atoms with Gasteiger partial charge in [0.25, 0.3) is 0 Å². The number of nitrogens with one attached hydrogen (secondary N) is 7. The summed E-state index contributed by atoms with van der Waals surface area (Å²) >= 11 is 6.44. The van der Waals surface area contributed by atoms with Crippen LogP contribution in [0.1, 0.15) is 118 Å². The van der Waals surface area contributed by atoms with Crippen LogP contribution in [-0.4, -0.2) is 171 Å². The van der Waals surface area contributed by atoms with E-state index in [2.05, 4.69) is 52.8 Å². The van der Waals surface area contributed by atoms with Crippen molar-refractivity contribution in [3.05, 3.63) is 141 Å². The van der Waals surface area contributed by atoms with E-state index in [0.717, 1.165) is 21.2 Å². The summed E-state index contributed by atoms with van der Waals surface area (Å²) < 4.78 is 36.1. The van der Waals surface area contributed by atoms with Crippen molar-refractivity contribution >= 4 is 115 Å². The number of aliphatic hydroxyl groups excluding tert-OH is 1. The summed E-state index contributed by atoms with van der Waals surface area (Å²) in [5, 5.41) is 28.5. The zero-order chi connectivity index (χ0) is 71.9. The molecule has 1 aromatic heterocycles. The molecule has 1 aliphatic carbocycles. The molecule has 536 valence electrons. The molecule has 2 saturated heterocycles. The molecule has 2 bridgehead atoms. The van der Waals surface area contributed by atoms with Gasteiger partial charge in [-0.25, -0.2) is 8.78 Å². The van der Waals surface area contributed by atoms with E-state index in [1.807, 2.05) is 18.2 Å². The number of amides is 9. The van der Waals surface area contributed by atoms with Gasteiger partial charge in [0, 0.05) is 89.3 Å². The molecule has 0 saturated carbocycles. The quantitative estimate of drug-likeness (QED) is 0.0653. The Morgan fingerprint density at radius 3 is 2.21 bits per heavy atom. The summed E-state index contributed by atoms with van der Waals surface area (Å²) in [5.41, 5.74) is 15.3. The first kappa shape index (κ1) is 76.0. The molecule has 9 amide bonds. The number of thioether (sulfide) groups is 2. The van der Waals surface area contributed by atoms with E-state index in [1.165, 1.54) is 84.6 Å². The largest absolute Gasteiger partial charge is 0.497 e. The molecule has 2 fully saturated rings. The number of carbonyl (C=O) groups excluding carboxylic acids is 10. The van der Waals surface area contributed by atoms with Gasteiger partial charge in [0.05, 0.1) is 19.3 Å². The highest BCUT2D eigenvalue weighted by molar-refractivity contribution is 9.10. The third-order valence-electron chi connectivity index (χ3n) is 19.0. The van der Waals surface area contributed by atoms with Crippen molar-refractivity contribution in [1.82, 2.24) is 46.7 Å². The van der Waals surface area contributed by atoms with E-state index >= 15 is 18.8 Å². The molecular weight excluding hydrogens is 1390 g/mol. The molecule has 0 unspecified atom stereocenters. The maximum Gasteiger partial charge on any atom is 0.246 e. The number of nitrogens with two attached hydrogens (primary N) is 2. The van der Waals surface area contributed by atoms with Crippen LogP contribution >= 0.6 is 39.5 Å². The van der Waals surface area contributed by atoms with E-state index in [-0.39, 0.29) is 70.2 Å². The second-order valence-electron chi connectivity index (χ2n) is 26.3. The highest BCUT2D eigenvalue weighted by Crippen LogP contribution is 2.35. The Balaban J connectivity index is 1.05. The van der Waals surface area contributed by atoms with E-state index in [0.29, 0.717) is 88.4 Å². The first-order chi connectivity index (χ1) is 47.8. The fourth-order valence-electron chi connectivity index (χ4n) is 13.4. The number of aromatic amines is 1. The number of allylic oxidation sites excluding steroid dienone is 1. The first-order valence-corrected chi connectivity index (χ1v) is 36.9. The van der Waals surface area contributed by atoms with Gasteiger partial charge < -0.3 is 68.0 Å². The Morgan fingerprint density at radius 1 is 0.780 bits per heavy atom. The maximum atomic E-state index is 15.5. The number of carbonyl (C=O) groups is 10. The summed E-state index contributed by atoms with van der Waals surface area (Å²) in [4.78, 5) is 151. The van der Waals surface area contributed by atoms with Crippen LogP contribution in [0, 0.1) is 17.6 Å².